The first-order valence-electron chi connectivity index (χ1n) is 7.48. The number of hydrogen-bond acceptors (Lipinski definition) is 8. The minimum atomic E-state index is -0.434. The third-order valence-electron chi connectivity index (χ3n) is 2.97. The summed E-state index contributed by atoms with van der Waals surface area (Å²) >= 11 is 2.63. The molecule has 8 nitrogen and oxygen atoms in total. The van der Waals surface area contributed by atoms with Crippen LogP contribution >= 0.6 is 23.1 Å². The lowest BCUT2D eigenvalue weighted by Gasteiger charge is -2.11. The predicted molar refractivity (Wildman–Crippen MR) is 97.6 cm³/mol. The van der Waals surface area contributed by atoms with E-state index in [1.165, 1.54) is 23.1 Å². The highest BCUT2D eigenvalue weighted by Crippen LogP contribution is 2.28. The fourth-order valence-corrected chi connectivity index (χ4v) is 3.60. The molecular weight excluding hydrogens is 362 g/mol. The lowest BCUT2D eigenvalue weighted by molar-refractivity contribution is -0.121. The van der Waals surface area contributed by atoms with Gasteiger partial charge in [0.05, 0.1) is 11.9 Å². The summed E-state index contributed by atoms with van der Waals surface area (Å²) < 4.78 is 5.61. The molecule has 1 aromatic heterocycles. The van der Waals surface area contributed by atoms with E-state index in [4.69, 9.17) is 4.74 Å². The van der Waals surface area contributed by atoms with E-state index >= 15 is 0 Å². The number of nitrogens with zero attached hydrogens (tertiary/aromatic N) is 2. The van der Waals surface area contributed by atoms with E-state index in [2.05, 4.69) is 26.4 Å². The van der Waals surface area contributed by atoms with E-state index in [0.717, 1.165) is 0 Å². The van der Waals surface area contributed by atoms with E-state index in [0.29, 0.717) is 28.2 Å². The SMILES string of the molecule is COCCNc1nnc(S[C@@H](C)C(=O)NNC(=O)c2ccccc2)s1. The van der Waals surface area contributed by atoms with Crippen LogP contribution in [0.2, 0.25) is 0 Å². The first-order valence-corrected chi connectivity index (χ1v) is 9.18. The monoisotopic (exact) mass is 381 g/mol. The molecule has 0 unspecified atom stereocenters. The minimum absolute atomic E-state index is 0.321. The first-order chi connectivity index (χ1) is 12.1. The number of anilines is 1. The molecular formula is C15H19N5O3S2. The van der Waals surface area contributed by atoms with Crippen molar-refractivity contribution in [2.75, 3.05) is 25.6 Å². The molecule has 25 heavy (non-hydrogen) atoms. The van der Waals surface area contributed by atoms with Crippen molar-refractivity contribution < 1.29 is 14.3 Å². The average molecular weight is 381 g/mol. The Bertz CT molecular complexity index is 695. The van der Waals surface area contributed by atoms with Crippen LogP contribution in [0.15, 0.2) is 34.7 Å². The molecule has 0 aliphatic carbocycles. The topological polar surface area (TPSA) is 105 Å². The van der Waals surface area contributed by atoms with E-state index in [1.54, 1.807) is 38.3 Å². The number of aromatic nitrogens is 2. The van der Waals surface area contributed by atoms with Crippen molar-refractivity contribution in [1.29, 1.82) is 0 Å². The van der Waals surface area contributed by atoms with E-state index in [1.807, 2.05) is 6.07 Å². The number of hydrogen-bond donors (Lipinski definition) is 3. The Kier molecular flexibility index (Phi) is 7.64. The maximum atomic E-state index is 12.1. The van der Waals surface area contributed by atoms with Gasteiger partial charge in [-0.05, 0) is 19.1 Å². The standard InChI is InChI=1S/C15H19N5O3S2/c1-10(24-15-20-19-14(25-15)16-8-9-23-2)12(21)17-18-13(22)11-6-4-3-5-7-11/h3-7,10H,8-9H2,1-2H3,(H,16,19)(H,17,21)(H,18,22)/t10-/m0/s1. The molecule has 1 aromatic carbocycles. The fourth-order valence-electron chi connectivity index (χ4n) is 1.68. The highest BCUT2D eigenvalue weighted by Gasteiger charge is 2.18. The largest absolute Gasteiger partial charge is 0.383 e. The van der Waals surface area contributed by atoms with E-state index in [9.17, 15) is 9.59 Å². The van der Waals surface area contributed by atoms with Gasteiger partial charge in [-0.2, -0.15) is 0 Å². The highest BCUT2D eigenvalue weighted by molar-refractivity contribution is 8.02. The van der Waals surface area contributed by atoms with E-state index < -0.39 is 5.25 Å². The Hall–Kier alpha value is -2.17. The van der Waals surface area contributed by atoms with Crippen LogP contribution in [-0.2, 0) is 9.53 Å². The number of nitrogens with one attached hydrogen (secondary N) is 3. The third kappa shape index (κ3) is 6.33. The summed E-state index contributed by atoms with van der Waals surface area (Å²) in [5.74, 6) is -0.690. The summed E-state index contributed by atoms with van der Waals surface area (Å²) in [6, 6.07) is 8.65. The van der Waals surface area contributed by atoms with Crippen LogP contribution in [0.25, 0.3) is 0 Å². The van der Waals surface area contributed by atoms with Crippen LogP contribution < -0.4 is 16.2 Å². The number of carbonyl (C=O) groups excluding carboxylic acids is 2. The first kappa shape index (κ1) is 19.2. The Balaban J connectivity index is 1.77. The maximum Gasteiger partial charge on any atom is 0.269 e. The highest BCUT2D eigenvalue weighted by atomic mass is 32.2. The molecule has 0 bridgehead atoms. The van der Waals surface area contributed by atoms with Crippen LogP contribution in [-0.4, -0.2) is 47.5 Å². The zero-order valence-electron chi connectivity index (χ0n) is 13.8. The molecule has 1 atom stereocenters. The molecule has 2 amide bonds. The van der Waals surface area contributed by atoms with Crippen LogP contribution in [0.5, 0.6) is 0 Å². The van der Waals surface area contributed by atoms with Crippen LogP contribution in [0.3, 0.4) is 0 Å². The van der Waals surface area contributed by atoms with Gasteiger partial charge in [-0.3, -0.25) is 20.4 Å². The molecule has 134 valence electrons. The molecule has 0 aliphatic rings. The van der Waals surface area contributed by atoms with Gasteiger partial charge >= 0.3 is 0 Å². The number of rotatable bonds is 8. The second kappa shape index (κ2) is 9.97. The summed E-state index contributed by atoms with van der Waals surface area (Å²) in [5, 5.41) is 11.3. The van der Waals surface area contributed by atoms with Gasteiger partial charge in [-0.1, -0.05) is 41.3 Å². The van der Waals surface area contributed by atoms with E-state index in [-0.39, 0.29) is 11.8 Å². The number of thioether (sulfide) groups is 1. The normalized spacial score (nSPS) is 11.6. The molecule has 0 aliphatic heterocycles. The van der Waals surface area contributed by atoms with Crippen molar-refractivity contribution in [2.45, 2.75) is 16.5 Å². The molecule has 0 fully saturated rings. The van der Waals surface area contributed by atoms with Crippen molar-refractivity contribution >= 4 is 40.0 Å². The Morgan fingerprint density at radius 2 is 2.00 bits per heavy atom. The van der Waals surface area contributed by atoms with Crippen molar-refractivity contribution in [3.63, 3.8) is 0 Å². The summed E-state index contributed by atoms with van der Waals surface area (Å²) in [5.41, 5.74) is 5.28. The Labute approximate surface area is 153 Å². The molecule has 2 aromatic rings. The number of benzene rings is 1. The number of carbonyl (C=O) groups is 2. The average Bonchev–Trinajstić information content (AvgIpc) is 3.07. The van der Waals surface area contributed by atoms with Gasteiger partial charge in [0.2, 0.25) is 5.13 Å². The zero-order valence-corrected chi connectivity index (χ0v) is 15.4. The van der Waals surface area contributed by atoms with Crippen LogP contribution in [0.4, 0.5) is 5.13 Å². The second-order valence-corrected chi connectivity index (χ2v) is 7.43. The third-order valence-corrected chi connectivity index (χ3v) is 5.04. The number of hydrazine groups is 1. The molecule has 0 saturated heterocycles. The van der Waals surface area contributed by atoms with Gasteiger partial charge in [-0.15, -0.1) is 10.2 Å². The van der Waals surface area contributed by atoms with Crippen molar-refractivity contribution in [3.8, 4) is 0 Å². The number of ether oxygens (including phenoxy) is 1. The predicted octanol–water partition coefficient (Wildman–Crippen LogP) is 1.54. The molecule has 2 rings (SSSR count). The van der Waals surface area contributed by atoms with Crippen LogP contribution in [0.1, 0.15) is 17.3 Å². The van der Waals surface area contributed by atoms with Crippen LogP contribution in [0, 0.1) is 0 Å². The Morgan fingerprint density at radius 1 is 1.24 bits per heavy atom. The van der Waals surface area contributed by atoms with Gasteiger partial charge in [0.1, 0.15) is 0 Å². The van der Waals surface area contributed by atoms with Gasteiger partial charge < -0.3 is 10.1 Å². The van der Waals surface area contributed by atoms with Gasteiger partial charge in [0.15, 0.2) is 4.34 Å². The lowest BCUT2D eigenvalue weighted by Crippen LogP contribution is -2.44. The van der Waals surface area contributed by atoms with Gasteiger partial charge in [0, 0.05) is 19.2 Å². The number of amides is 2. The van der Waals surface area contributed by atoms with Gasteiger partial charge in [0.25, 0.3) is 11.8 Å². The maximum absolute atomic E-state index is 12.1. The molecule has 0 saturated carbocycles. The smallest absolute Gasteiger partial charge is 0.269 e. The summed E-state index contributed by atoms with van der Waals surface area (Å²) in [7, 11) is 1.62. The second-order valence-electron chi connectivity index (χ2n) is 4.86. The molecule has 1 heterocycles. The van der Waals surface area contributed by atoms with Crippen molar-refractivity contribution in [2.24, 2.45) is 0 Å². The summed E-state index contributed by atoms with van der Waals surface area (Å²) in [6.07, 6.45) is 0. The summed E-state index contributed by atoms with van der Waals surface area (Å²) in [4.78, 5) is 24.0. The Morgan fingerprint density at radius 3 is 2.72 bits per heavy atom. The number of methoxy groups -OCH3 is 1. The van der Waals surface area contributed by atoms with Crippen molar-refractivity contribution in [3.05, 3.63) is 35.9 Å². The molecule has 0 spiro atoms. The van der Waals surface area contributed by atoms with Gasteiger partial charge in [-0.25, -0.2) is 0 Å². The zero-order chi connectivity index (χ0) is 18.1. The minimum Gasteiger partial charge on any atom is -0.383 e. The lowest BCUT2D eigenvalue weighted by atomic mass is 10.2. The molecule has 0 radical (unpaired) electrons. The fraction of sp³-hybridized carbons (Fsp3) is 0.333. The molecule has 10 heteroatoms. The summed E-state index contributed by atoms with van der Waals surface area (Å²) in [6.45, 7) is 2.94. The molecule has 3 N–H and O–H groups in total. The quantitative estimate of drug-likeness (QED) is 0.362. The van der Waals surface area contributed by atoms with Crippen molar-refractivity contribution in [1.82, 2.24) is 21.0 Å².